The second-order valence-corrected chi connectivity index (χ2v) is 7.14. The lowest BCUT2D eigenvalue weighted by atomic mass is 9.79. The van der Waals surface area contributed by atoms with Crippen molar-refractivity contribution >= 4 is 28.3 Å². The van der Waals surface area contributed by atoms with Gasteiger partial charge in [0, 0.05) is 5.56 Å². The maximum absolute atomic E-state index is 13.1. The number of nitriles is 1. The van der Waals surface area contributed by atoms with E-state index < -0.39 is 23.6 Å². The summed E-state index contributed by atoms with van der Waals surface area (Å²) < 4.78 is 13.1. The zero-order valence-electron chi connectivity index (χ0n) is 13.7. The van der Waals surface area contributed by atoms with Gasteiger partial charge in [-0.15, -0.1) is 0 Å². The highest BCUT2D eigenvalue weighted by Gasteiger charge is 2.36. The molecular weight excluding hydrogens is 357 g/mol. The smallest absolute Gasteiger partial charge is 0.307 e. The molecule has 1 fully saturated rings. The van der Waals surface area contributed by atoms with E-state index >= 15 is 0 Å². The predicted octanol–water partition coefficient (Wildman–Crippen LogP) is 3.65. The lowest BCUT2D eigenvalue weighted by molar-refractivity contribution is -0.147. The van der Waals surface area contributed by atoms with E-state index in [4.69, 9.17) is 0 Å². The number of halogens is 1. The fraction of sp³-hybridized carbons (Fsp3) is 0.333. The number of carboxylic acid groups (broad SMARTS) is 1. The van der Waals surface area contributed by atoms with Crippen molar-refractivity contribution in [1.82, 2.24) is 4.98 Å². The van der Waals surface area contributed by atoms with Gasteiger partial charge in [0.15, 0.2) is 5.13 Å². The summed E-state index contributed by atoms with van der Waals surface area (Å²) in [6.07, 6.45) is 2.61. The molecule has 1 saturated carbocycles. The Morgan fingerprint density at radius 1 is 1.23 bits per heavy atom. The molecule has 0 spiro atoms. The molecule has 0 radical (unpaired) electrons. The number of carbonyl (C=O) groups is 2. The first-order valence-corrected chi connectivity index (χ1v) is 9.01. The lowest BCUT2D eigenvalue weighted by Gasteiger charge is -2.26. The van der Waals surface area contributed by atoms with Crippen LogP contribution in [0.1, 0.15) is 30.6 Å². The van der Waals surface area contributed by atoms with E-state index in [1.807, 2.05) is 6.07 Å². The van der Waals surface area contributed by atoms with E-state index in [9.17, 15) is 24.3 Å². The first-order valence-electron chi connectivity index (χ1n) is 8.20. The van der Waals surface area contributed by atoms with Gasteiger partial charge in [0.05, 0.1) is 11.8 Å². The molecule has 0 saturated heterocycles. The number of nitrogens with zero attached hydrogens (tertiary/aromatic N) is 2. The van der Waals surface area contributed by atoms with Crippen LogP contribution in [0.15, 0.2) is 24.3 Å². The highest BCUT2D eigenvalue weighted by Crippen LogP contribution is 2.34. The second-order valence-electron chi connectivity index (χ2n) is 6.14. The molecule has 1 aromatic carbocycles. The number of carboxylic acids is 1. The maximum Gasteiger partial charge on any atom is 0.307 e. The molecule has 26 heavy (non-hydrogen) atoms. The SMILES string of the molecule is N#Cc1sc(NC(=O)[C@H]2CCCC[C@H]2C(=O)O)nc1-c1ccc(F)cc1. The Morgan fingerprint density at radius 3 is 2.50 bits per heavy atom. The summed E-state index contributed by atoms with van der Waals surface area (Å²) in [7, 11) is 0. The minimum Gasteiger partial charge on any atom is -0.481 e. The van der Waals surface area contributed by atoms with Crippen molar-refractivity contribution in [1.29, 1.82) is 5.26 Å². The van der Waals surface area contributed by atoms with Crippen LogP contribution in [-0.2, 0) is 9.59 Å². The van der Waals surface area contributed by atoms with Crippen molar-refractivity contribution in [2.24, 2.45) is 11.8 Å². The Bertz CT molecular complexity index is 873. The van der Waals surface area contributed by atoms with E-state index in [2.05, 4.69) is 10.3 Å². The van der Waals surface area contributed by atoms with Crippen molar-refractivity contribution in [3.05, 3.63) is 35.0 Å². The second kappa shape index (κ2) is 7.62. The molecule has 134 valence electrons. The number of anilines is 1. The van der Waals surface area contributed by atoms with Gasteiger partial charge in [-0.1, -0.05) is 24.2 Å². The van der Waals surface area contributed by atoms with Gasteiger partial charge in [-0.3, -0.25) is 9.59 Å². The summed E-state index contributed by atoms with van der Waals surface area (Å²) >= 11 is 1.02. The molecule has 2 aromatic rings. The largest absolute Gasteiger partial charge is 0.481 e. The zero-order chi connectivity index (χ0) is 18.7. The molecule has 1 aliphatic carbocycles. The van der Waals surface area contributed by atoms with Crippen LogP contribution in [-0.4, -0.2) is 22.0 Å². The summed E-state index contributed by atoms with van der Waals surface area (Å²) in [5, 5.41) is 21.5. The Kier molecular flexibility index (Phi) is 5.28. The predicted molar refractivity (Wildman–Crippen MR) is 93.9 cm³/mol. The van der Waals surface area contributed by atoms with Gasteiger partial charge in [-0.2, -0.15) is 5.26 Å². The summed E-state index contributed by atoms with van der Waals surface area (Å²) in [6, 6.07) is 7.59. The lowest BCUT2D eigenvalue weighted by Crippen LogP contribution is -2.36. The van der Waals surface area contributed by atoms with Crippen LogP contribution in [0.3, 0.4) is 0 Å². The van der Waals surface area contributed by atoms with Crippen LogP contribution >= 0.6 is 11.3 Å². The molecule has 8 heteroatoms. The Hall–Kier alpha value is -2.79. The number of carbonyl (C=O) groups excluding carboxylic acids is 1. The van der Waals surface area contributed by atoms with E-state index in [0.717, 1.165) is 24.2 Å². The first kappa shape index (κ1) is 18.0. The average molecular weight is 373 g/mol. The van der Waals surface area contributed by atoms with Crippen molar-refractivity contribution in [2.45, 2.75) is 25.7 Å². The number of hydrogen-bond donors (Lipinski definition) is 2. The van der Waals surface area contributed by atoms with E-state index in [1.54, 1.807) is 0 Å². The molecular formula is C18H16FN3O3S. The molecule has 2 N–H and O–H groups in total. The van der Waals surface area contributed by atoms with Crippen LogP contribution in [0.5, 0.6) is 0 Å². The van der Waals surface area contributed by atoms with Gasteiger partial charge in [0.25, 0.3) is 0 Å². The molecule has 0 unspecified atom stereocenters. The molecule has 1 heterocycles. The molecule has 0 aliphatic heterocycles. The summed E-state index contributed by atoms with van der Waals surface area (Å²) in [4.78, 5) is 28.5. The number of amides is 1. The Morgan fingerprint density at radius 2 is 1.88 bits per heavy atom. The average Bonchev–Trinajstić information content (AvgIpc) is 3.05. The van der Waals surface area contributed by atoms with Crippen LogP contribution in [0.25, 0.3) is 11.3 Å². The van der Waals surface area contributed by atoms with Gasteiger partial charge in [-0.25, -0.2) is 9.37 Å². The van der Waals surface area contributed by atoms with E-state index in [0.29, 0.717) is 29.0 Å². The third kappa shape index (κ3) is 3.73. The quantitative estimate of drug-likeness (QED) is 0.851. The monoisotopic (exact) mass is 373 g/mol. The summed E-state index contributed by atoms with van der Waals surface area (Å²) in [5.41, 5.74) is 0.937. The fourth-order valence-corrected chi connectivity index (χ4v) is 3.98. The minimum atomic E-state index is -0.964. The highest BCUT2D eigenvalue weighted by molar-refractivity contribution is 7.16. The van der Waals surface area contributed by atoms with Gasteiger partial charge >= 0.3 is 5.97 Å². The number of thiazole rings is 1. The maximum atomic E-state index is 13.1. The Labute approximate surface area is 153 Å². The van der Waals surface area contributed by atoms with Crippen LogP contribution in [0, 0.1) is 29.0 Å². The number of benzene rings is 1. The number of aromatic nitrogens is 1. The van der Waals surface area contributed by atoms with Gasteiger partial charge < -0.3 is 10.4 Å². The normalized spacial score (nSPS) is 19.5. The molecule has 6 nitrogen and oxygen atoms in total. The van der Waals surface area contributed by atoms with Gasteiger partial charge in [0.1, 0.15) is 22.5 Å². The zero-order valence-corrected chi connectivity index (χ0v) is 14.6. The molecule has 3 rings (SSSR count). The van der Waals surface area contributed by atoms with Gasteiger partial charge in [-0.05, 0) is 37.1 Å². The van der Waals surface area contributed by atoms with Crippen LogP contribution < -0.4 is 5.32 Å². The molecule has 1 aliphatic rings. The highest BCUT2D eigenvalue weighted by atomic mass is 32.1. The van der Waals surface area contributed by atoms with E-state index in [1.165, 1.54) is 24.3 Å². The first-order chi connectivity index (χ1) is 12.5. The van der Waals surface area contributed by atoms with Crippen molar-refractivity contribution in [3.63, 3.8) is 0 Å². The summed E-state index contributed by atoms with van der Waals surface area (Å²) in [6.45, 7) is 0. The fourth-order valence-electron chi connectivity index (χ4n) is 3.19. The molecule has 2 atom stereocenters. The topological polar surface area (TPSA) is 103 Å². The van der Waals surface area contributed by atoms with Crippen molar-refractivity contribution in [3.8, 4) is 17.3 Å². The minimum absolute atomic E-state index is 0.237. The standard InChI is InChI=1S/C18H16FN3O3S/c19-11-7-5-10(6-8-11)15-14(9-20)26-18(21-15)22-16(23)12-3-1-2-4-13(12)17(24)25/h5-8,12-13H,1-4H2,(H,24,25)(H,21,22,23)/t12-,13+/m0/s1. The third-order valence-corrected chi connectivity index (χ3v) is 5.37. The third-order valence-electron chi connectivity index (χ3n) is 4.50. The number of rotatable bonds is 4. The number of aliphatic carboxylic acids is 1. The van der Waals surface area contributed by atoms with Gasteiger partial charge in [0.2, 0.25) is 5.91 Å². The van der Waals surface area contributed by atoms with Crippen molar-refractivity contribution < 1.29 is 19.1 Å². The number of hydrogen-bond acceptors (Lipinski definition) is 5. The van der Waals surface area contributed by atoms with Crippen molar-refractivity contribution in [2.75, 3.05) is 5.32 Å². The van der Waals surface area contributed by atoms with Crippen LogP contribution in [0.4, 0.5) is 9.52 Å². The molecule has 0 bridgehead atoms. The van der Waals surface area contributed by atoms with E-state index in [-0.39, 0.29) is 11.0 Å². The molecule has 1 aromatic heterocycles. The van der Waals surface area contributed by atoms with Crippen LogP contribution in [0.2, 0.25) is 0 Å². The summed E-state index contributed by atoms with van der Waals surface area (Å²) in [5.74, 6) is -3.05. The number of nitrogens with one attached hydrogen (secondary N) is 1. The Balaban J connectivity index is 1.82. The molecule has 1 amide bonds.